The largest absolute Gasteiger partial charge is 0.475 e. The van der Waals surface area contributed by atoms with Crippen molar-refractivity contribution < 1.29 is 17.7 Å². The van der Waals surface area contributed by atoms with Crippen LogP contribution in [0.1, 0.15) is 19.4 Å². The van der Waals surface area contributed by atoms with Crippen molar-refractivity contribution in [3.8, 4) is 0 Å². The van der Waals surface area contributed by atoms with E-state index >= 15 is 0 Å². The molecule has 0 spiro atoms. The van der Waals surface area contributed by atoms with Crippen LogP contribution in [0.2, 0.25) is 0 Å². The van der Waals surface area contributed by atoms with Gasteiger partial charge in [-0.25, -0.2) is 4.99 Å². The van der Waals surface area contributed by atoms with Gasteiger partial charge in [0.15, 0.2) is 0 Å². The van der Waals surface area contributed by atoms with Crippen LogP contribution in [-0.4, -0.2) is 31.5 Å². The first kappa shape index (κ1) is 13.0. The average molecular weight is 269 g/mol. The summed E-state index contributed by atoms with van der Waals surface area (Å²) in [5, 5.41) is 0. The first-order chi connectivity index (χ1) is 8.39. The highest BCUT2D eigenvalue weighted by molar-refractivity contribution is 7.86. The number of nitrogens with zero attached hydrogens (tertiary/aromatic N) is 1. The molecule has 0 unspecified atom stereocenters. The molecular formula is C12H15NO4S. The topological polar surface area (TPSA) is 76.0 Å². The molecule has 0 radical (unpaired) electrons. The lowest BCUT2D eigenvalue weighted by Gasteiger charge is -2.06. The third-order valence-electron chi connectivity index (χ3n) is 2.84. The highest BCUT2D eigenvalue weighted by atomic mass is 32.2. The number of ether oxygens (including phenoxy) is 1. The van der Waals surface area contributed by atoms with E-state index in [4.69, 9.17) is 9.29 Å². The Labute approximate surface area is 106 Å². The fourth-order valence-electron chi connectivity index (χ4n) is 1.75. The van der Waals surface area contributed by atoms with Gasteiger partial charge in [-0.1, -0.05) is 26.0 Å². The molecule has 1 aromatic rings. The van der Waals surface area contributed by atoms with Crippen molar-refractivity contribution in [1.29, 1.82) is 0 Å². The molecule has 0 saturated carbocycles. The smallest absolute Gasteiger partial charge is 0.295 e. The molecule has 1 N–H and O–H groups in total. The summed E-state index contributed by atoms with van der Waals surface area (Å²) in [5.41, 5.74) is 0.308. The standard InChI is InChI=1S/C12H15NO4S/c1-8(2)10-7-17-12(13-10)9-5-3-4-6-11(9)18(14,15)16/h3-6,8,10H,7H2,1-2H3,(H,14,15,16)/t10-/m0/s1. The van der Waals surface area contributed by atoms with Crippen molar-refractivity contribution in [2.75, 3.05) is 6.61 Å². The molecule has 98 valence electrons. The van der Waals surface area contributed by atoms with E-state index in [2.05, 4.69) is 4.99 Å². The van der Waals surface area contributed by atoms with Crippen LogP contribution in [0.4, 0.5) is 0 Å². The fraction of sp³-hybridized carbons (Fsp3) is 0.417. The molecule has 0 aromatic heterocycles. The minimum absolute atomic E-state index is 0.0226. The Balaban J connectivity index is 2.45. The van der Waals surface area contributed by atoms with Gasteiger partial charge in [0.05, 0.1) is 11.6 Å². The number of benzene rings is 1. The molecule has 6 heteroatoms. The molecule has 2 rings (SSSR count). The molecule has 1 aromatic carbocycles. The third-order valence-corrected chi connectivity index (χ3v) is 3.75. The Morgan fingerprint density at radius 3 is 2.61 bits per heavy atom. The summed E-state index contributed by atoms with van der Waals surface area (Å²) >= 11 is 0. The monoisotopic (exact) mass is 269 g/mol. The van der Waals surface area contributed by atoms with Gasteiger partial charge in [0, 0.05) is 0 Å². The summed E-state index contributed by atoms with van der Waals surface area (Å²) in [4.78, 5) is 4.18. The van der Waals surface area contributed by atoms with Crippen LogP contribution in [0.25, 0.3) is 0 Å². The zero-order valence-corrected chi connectivity index (χ0v) is 11.0. The summed E-state index contributed by atoms with van der Waals surface area (Å²) in [5.74, 6) is 0.599. The molecule has 1 heterocycles. The second-order valence-corrected chi connectivity index (χ2v) is 5.92. The van der Waals surface area contributed by atoms with Crippen molar-refractivity contribution in [2.24, 2.45) is 10.9 Å². The number of hydrogen-bond acceptors (Lipinski definition) is 4. The molecule has 0 saturated heterocycles. The number of aliphatic imine (C=N–C) groups is 1. The predicted octanol–water partition coefficient (Wildman–Crippen LogP) is 1.73. The second-order valence-electron chi connectivity index (χ2n) is 4.53. The first-order valence-corrected chi connectivity index (χ1v) is 7.11. The maximum Gasteiger partial charge on any atom is 0.295 e. The van der Waals surface area contributed by atoms with Crippen LogP contribution in [-0.2, 0) is 14.9 Å². The van der Waals surface area contributed by atoms with Gasteiger partial charge >= 0.3 is 0 Å². The lowest BCUT2D eigenvalue weighted by Crippen LogP contribution is -2.13. The minimum atomic E-state index is -4.27. The first-order valence-electron chi connectivity index (χ1n) is 5.67. The van der Waals surface area contributed by atoms with Crippen molar-refractivity contribution >= 4 is 16.0 Å². The van der Waals surface area contributed by atoms with Crippen LogP contribution in [0.15, 0.2) is 34.2 Å². The van der Waals surface area contributed by atoms with Gasteiger partial charge in [0.25, 0.3) is 10.1 Å². The summed E-state index contributed by atoms with van der Waals surface area (Å²) in [6.07, 6.45) is 0. The van der Waals surface area contributed by atoms with E-state index < -0.39 is 10.1 Å². The second kappa shape index (κ2) is 4.70. The zero-order chi connectivity index (χ0) is 13.3. The molecule has 0 amide bonds. The van der Waals surface area contributed by atoms with E-state index in [1.54, 1.807) is 18.2 Å². The maximum atomic E-state index is 11.3. The van der Waals surface area contributed by atoms with Gasteiger partial charge in [-0.05, 0) is 18.1 Å². The van der Waals surface area contributed by atoms with Crippen molar-refractivity contribution in [3.63, 3.8) is 0 Å². The zero-order valence-electron chi connectivity index (χ0n) is 10.2. The summed E-state index contributed by atoms with van der Waals surface area (Å²) in [6.45, 7) is 4.48. The third kappa shape index (κ3) is 2.54. The fourth-order valence-corrected chi connectivity index (χ4v) is 2.43. The van der Waals surface area contributed by atoms with Gasteiger partial charge in [0.1, 0.15) is 11.5 Å². The maximum absolute atomic E-state index is 11.3. The van der Waals surface area contributed by atoms with Gasteiger partial charge < -0.3 is 4.74 Å². The minimum Gasteiger partial charge on any atom is -0.475 e. The van der Waals surface area contributed by atoms with Crippen molar-refractivity contribution in [1.82, 2.24) is 0 Å². The van der Waals surface area contributed by atoms with Crippen LogP contribution in [0, 0.1) is 5.92 Å². The average Bonchev–Trinajstić information content (AvgIpc) is 2.77. The van der Waals surface area contributed by atoms with Gasteiger partial charge in [-0.2, -0.15) is 8.42 Å². The molecule has 5 nitrogen and oxygen atoms in total. The molecular weight excluding hydrogens is 254 g/mol. The van der Waals surface area contributed by atoms with E-state index in [-0.39, 0.29) is 16.8 Å². The van der Waals surface area contributed by atoms with Crippen LogP contribution < -0.4 is 0 Å². The molecule has 1 aliphatic rings. The number of rotatable bonds is 3. The quantitative estimate of drug-likeness (QED) is 0.848. The summed E-state index contributed by atoms with van der Waals surface area (Å²) < 4.78 is 37.1. The van der Waals surface area contributed by atoms with Gasteiger partial charge in [-0.15, -0.1) is 0 Å². The van der Waals surface area contributed by atoms with Crippen LogP contribution in [0.3, 0.4) is 0 Å². The summed E-state index contributed by atoms with van der Waals surface area (Å²) in [6, 6.07) is 6.15. The molecule has 1 aliphatic heterocycles. The van der Waals surface area contributed by atoms with E-state index in [0.717, 1.165) is 0 Å². The Morgan fingerprint density at radius 1 is 1.39 bits per heavy atom. The number of hydrogen-bond donors (Lipinski definition) is 1. The van der Waals surface area contributed by atoms with E-state index in [0.29, 0.717) is 18.1 Å². The lowest BCUT2D eigenvalue weighted by molar-refractivity contribution is 0.291. The molecule has 1 atom stereocenters. The predicted molar refractivity (Wildman–Crippen MR) is 67.4 cm³/mol. The molecule has 0 fully saturated rings. The normalized spacial score (nSPS) is 19.8. The molecule has 18 heavy (non-hydrogen) atoms. The van der Waals surface area contributed by atoms with Crippen LogP contribution in [0.5, 0.6) is 0 Å². The van der Waals surface area contributed by atoms with E-state index in [1.165, 1.54) is 6.07 Å². The van der Waals surface area contributed by atoms with Gasteiger partial charge in [0.2, 0.25) is 5.90 Å². The van der Waals surface area contributed by atoms with E-state index in [1.807, 2.05) is 13.8 Å². The Bertz CT molecular complexity index is 577. The van der Waals surface area contributed by atoms with Gasteiger partial charge in [-0.3, -0.25) is 4.55 Å². The van der Waals surface area contributed by atoms with E-state index in [9.17, 15) is 8.42 Å². The Kier molecular flexibility index (Phi) is 3.41. The highest BCUT2D eigenvalue weighted by Gasteiger charge is 2.26. The van der Waals surface area contributed by atoms with Crippen LogP contribution >= 0.6 is 0 Å². The Hall–Kier alpha value is -1.40. The SMILES string of the molecule is CC(C)[C@@H]1COC(c2ccccc2S(=O)(=O)O)=N1. The molecule has 0 bridgehead atoms. The Morgan fingerprint density at radius 2 is 2.06 bits per heavy atom. The lowest BCUT2D eigenvalue weighted by atomic mass is 10.1. The van der Waals surface area contributed by atoms with Crippen molar-refractivity contribution in [3.05, 3.63) is 29.8 Å². The molecule has 0 aliphatic carbocycles. The highest BCUT2D eigenvalue weighted by Crippen LogP contribution is 2.22. The van der Waals surface area contributed by atoms with Crippen molar-refractivity contribution in [2.45, 2.75) is 24.8 Å². The summed E-state index contributed by atoms with van der Waals surface area (Å²) in [7, 11) is -4.27.